The van der Waals surface area contributed by atoms with Crippen LogP contribution in [0.5, 0.6) is 0 Å². The number of nitrogens with one attached hydrogen (secondary N) is 1. The third kappa shape index (κ3) is 2.77. The molecule has 0 bridgehead atoms. The Labute approximate surface area is 151 Å². The first-order valence-corrected chi connectivity index (χ1v) is 9.39. The average Bonchev–Trinajstić information content (AvgIpc) is 3.27. The lowest BCUT2D eigenvalue weighted by Gasteiger charge is -2.17. The molecule has 1 aliphatic rings. The molecule has 1 aliphatic heterocycles. The Morgan fingerprint density at radius 2 is 2.04 bits per heavy atom. The van der Waals surface area contributed by atoms with Gasteiger partial charge in [-0.1, -0.05) is 18.2 Å². The molecule has 1 saturated heterocycles. The van der Waals surface area contributed by atoms with E-state index in [9.17, 15) is 14.4 Å². The lowest BCUT2D eigenvalue weighted by atomic mass is 10.2. The normalized spacial score (nSPS) is 15.6. The minimum atomic E-state index is -1.01. The lowest BCUT2D eigenvalue weighted by Crippen LogP contribution is -2.41. The van der Waals surface area contributed by atoms with E-state index in [1.54, 1.807) is 17.4 Å². The molecular formula is C17H14N2O4S2. The fraction of sp³-hybridized carbons (Fsp3) is 0.235. The zero-order valence-corrected chi connectivity index (χ0v) is 14.9. The Bertz CT molecular complexity index is 1010. The fourth-order valence-electron chi connectivity index (χ4n) is 2.77. The summed E-state index contributed by atoms with van der Waals surface area (Å²) in [5.41, 5.74) is 0. The number of rotatable bonds is 3. The molecule has 3 heterocycles. The molecule has 1 unspecified atom stereocenters. The molecule has 0 saturated carbocycles. The van der Waals surface area contributed by atoms with E-state index in [0.717, 1.165) is 19.7 Å². The molecule has 8 heteroatoms. The molecule has 0 aliphatic carbocycles. The van der Waals surface area contributed by atoms with Crippen LogP contribution in [0.3, 0.4) is 0 Å². The first-order valence-electron chi connectivity index (χ1n) is 7.76. The molecule has 3 amide bonds. The maximum atomic E-state index is 12.4. The first-order chi connectivity index (χ1) is 12.0. The number of urea groups is 1. The van der Waals surface area contributed by atoms with E-state index in [1.807, 2.05) is 24.3 Å². The predicted octanol–water partition coefficient (Wildman–Crippen LogP) is 3.21. The molecule has 0 radical (unpaired) electrons. The SMILES string of the molecule is CC(OC(=O)c1cc2sc3ccccc3c2s1)C(=O)N1CCNC1=O. The van der Waals surface area contributed by atoms with Crippen molar-refractivity contribution in [3.8, 4) is 0 Å². The van der Waals surface area contributed by atoms with Gasteiger partial charge in [-0.05, 0) is 19.1 Å². The summed E-state index contributed by atoms with van der Waals surface area (Å²) in [5, 5.41) is 3.67. The predicted molar refractivity (Wildman–Crippen MR) is 97.2 cm³/mol. The molecule has 1 atom stereocenters. The molecule has 25 heavy (non-hydrogen) atoms. The van der Waals surface area contributed by atoms with Gasteiger partial charge in [0, 0.05) is 27.9 Å². The van der Waals surface area contributed by atoms with Gasteiger partial charge in [0.15, 0.2) is 6.10 Å². The van der Waals surface area contributed by atoms with Crippen molar-refractivity contribution >= 4 is 60.1 Å². The second-order valence-electron chi connectivity index (χ2n) is 5.67. The molecule has 3 aromatic rings. The van der Waals surface area contributed by atoms with Gasteiger partial charge in [0.2, 0.25) is 0 Å². The van der Waals surface area contributed by atoms with Gasteiger partial charge in [-0.3, -0.25) is 9.69 Å². The van der Waals surface area contributed by atoms with E-state index in [0.29, 0.717) is 18.0 Å². The standard InChI is InChI=1S/C17H14N2O4S2/c1-9(15(20)19-7-6-18-17(19)22)23-16(21)13-8-12-14(25-13)10-4-2-3-5-11(10)24-12/h2-5,8-9H,6-7H2,1H3,(H,18,22). The summed E-state index contributed by atoms with van der Waals surface area (Å²) >= 11 is 2.98. The number of carbonyl (C=O) groups is 3. The molecule has 1 fully saturated rings. The third-order valence-electron chi connectivity index (χ3n) is 4.01. The van der Waals surface area contributed by atoms with Crippen molar-refractivity contribution < 1.29 is 19.1 Å². The molecule has 1 N–H and O–H groups in total. The number of amides is 3. The number of carbonyl (C=O) groups excluding carboxylic acids is 3. The minimum Gasteiger partial charge on any atom is -0.448 e. The number of benzene rings is 1. The summed E-state index contributed by atoms with van der Waals surface area (Å²) in [6, 6.07) is 9.38. The van der Waals surface area contributed by atoms with Gasteiger partial charge in [-0.15, -0.1) is 22.7 Å². The maximum Gasteiger partial charge on any atom is 0.349 e. The Kier molecular flexibility index (Phi) is 3.93. The van der Waals surface area contributed by atoms with E-state index >= 15 is 0 Å². The van der Waals surface area contributed by atoms with Crippen LogP contribution in [0.25, 0.3) is 19.5 Å². The molecule has 6 nitrogen and oxygen atoms in total. The summed E-state index contributed by atoms with van der Waals surface area (Å²) in [5.74, 6) is -1.05. The summed E-state index contributed by atoms with van der Waals surface area (Å²) in [6.45, 7) is 2.19. The van der Waals surface area contributed by atoms with Crippen LogP contribution in [0.4, 0.5) is 4.79 Å². The number of ether oxygens (including phenoxy) is 1. The molecule has 0 spiro atoms. The van der Waals surface area contributed by atoms with Crippen molar-refractivity contribution in [2.75, 3.05) is 13.1 Å². The smallest absolute Gasteiger partial charge is 0.349 e. The number of fused-ring (bicyclic) bond motifs is 3. The summed E-state index contributed by atoms with van der Waals surface area (Å²) in [4.78, 5) is 37.7. The van der Waals surface area contributed by atoms with Crippen LogP contribution in [0.1, 0.15) is 16.6 Å². The van der Waals surface area contributed by atoms with E-state index in [-0.39, 0.29) is 0 Å². The quantitative estimate of drug-likeness (QED) is 0.714. The van der Waals surface area contributed by atoms with Crippen LogP contribution in [0.2, 0.25) is 0 Å². The topological polar surface area (TPSA) is 75.7 Å². The Morgan fingerprint density at radius 1 is 1.24 bits per heavy atom. The summed E-state index contributed by atoms with van der Waals surface area (Å²) in [7, 11) is 0. The summed E-state index contributed by atoms with van der Waals surface area (Å²) in [6.07, 6.45) is -1.01. The zero-order chi connectivity index (χ0) is 17.6. The third-order valence-corrected chi connectivity index (χ3v) is 6.40. The van der Waals surface area contributed by atoms with Crippen LogP contribution in [-0.4, -0.2) is 42.0 Å². The Balaban J connectivity index is 1.53. The van der Waals surface area contributed by atoms with Gasteiger partial charge < -0.3 is 10.1 Å². The number of thiophene rings is 2. The van der Waals surface area contributed by atoms with Crippen molar-refractivity contribution in [1.82, 2.24) is 10.2 Å². The highest BCUT2D eigenvalue weighted by Gasteiger charge is 2.32. The van der Waals surface area contributed by atoms with Gasteiger partial charge in [0.05, 0.1) is 4.70 Å². The minimum absolute atomic E-state index is 0.292. The lowest BCUT2D eigenvalue weighted by molar-refractivity contribution is -0.135. The Morgan fingerprint density at radius 3 is 2.80 bits per heavy atom. The molecule has 1 aromatic carbocycles. The van der Waals surface area contributed by atoms with Crippen LogP contribution in [-0.2, 0) is 9.53 Å². The van der Waals surface area contributed by atoms with Crippen molar-refractivity contribution in [3.63, 3.8) is 0 Å². The van der Waals surface area contributed by atoms with E-state index in [4.69, 9.17) is 4.74 Å². The van der Waals surface area contributed by atoms with Crippen molar-refractivity contribution in [3.05, 3.63) is 35.2 Å². The monoisotopic (exact) mass is 374 g/mol. The van der Waals surface area contributed by atoms with E-state index < -0.39 is 24.0 Å². The molecular weight excluding hydrogens is 360 g/mol. The second-order valence-corrected chi connectivity index (χ2v) is 7.81. The van der Waals surface area contributed by atoms with Gasteiger partial charge in [0.25, 0.3) is 5.91 Å². The largest absolute Gasteiger partial charge is 0.448 e. The van der Waals surface area contributed by atoms with Crippen LogP contribution in [0.15, 0.2) is 30.3 Å². The fourth-order valence-corrected chi connectivity index (χ4v) is 5.18. The number of nitrogens with zero attached hydrogens (tertiary/aromatic N) is 1. The van der Waals surface area contributed by atoms with Crippen LogP contribution < -0.4 is 5.32 Å². The highest BCUT2D eigenvalue weighted by Crippen LogP contribution is 2.39. The van der Waals surface area contributed by atoms with Crippen molar-refractivity contribution in [2.45, 2.75) is 13.0 Å². The van der Waals surface area contributed by atoms with Crippen molar-refractivity contribution in [2.24, 2.45) is 0 Å². The number of hydrogen-bond donors (Lipinski definition) is 1. The molecule has 2 aromatic heterocycles. The Hall–Kier alpha value is -2.45. The highest BCUT2D eigenvalue weighted by atomic mass is 32.1. The van der Waals surface area contributed by atoms with Crippen LogP contribution in [0, 0.1) is 0 Å². The number of esters is 1. The van der Waals surface area contributed by atoms with E-state index in [1.165, 1.54) is 23.0 Å². The van der Waals surface area contributed by atoms with Gasteiger partial charge in [-0.25, -0.2) is 9.59 Å². The first kappa shape index (κ1) is 16.0. The summed E-state index contributed by atoms with van der Waals surface area (Å²) < 4.78 is 8.52. The van der Waals surface area contributed by atoms with Crippen molar-refractivity contribution in [1.29, 1.82) is 0 Å². The van der Waals surface area contributed by atoms with Gasteiger partial charge in [-0.2, -0.15) is 0 Å². The van der Waals surface area contributed by atoms with E-state index in [2.05, 4.69) is 5.32 Å². The highest BCUT2D eigenvalue weighted by molar-refractivity contribution is 7.33. The molecule has 128 valence electrons. The second kappa shape index (κ2) is 6.12. The number of hydrogen-bond acceptors (Lipinski definition) is 6. The molecule has 4 rings (SSSR count). The van der Waals surface area contributed by atoms with Gasteiger partial charge in [0.1, 0.15) is 4.88 Å². The number of imide groups is 1. The van der Waals surface area contributed by atoms with Crippen LogP contribution >= 0.6 is 22.7 Å². The zero-order valence-electron chi connectivity index (χ0n) is 13.3. The average molecular weight is 374 g/mol. The maximum absolute atomic E-state index is 12.4. The van der Waals surface area contributed by atoms with Gasteiger partial charge >= 0.3 is 12.0 Å².